The van der Waals surface area contributed by atoms with Gasteiger partial charge in [-0.25, -0.2) is 12.7 Å². The molecule has 1 saturated heterocycles. The van der Waals surface area contributed by atoms with E-state index in [0.29, 0.717) is 32.4 Å². The summed E-state index contributed by atoms with van der Waals surface area (Å²) in [6.45, 7) is 2.88. The van der Waals surface area contributed by atoms with Gasteiger partial charge in [-0.2, -0.15) is 0 Å². The van der Waals surface area contributed by atoms with Crippen LogP contribution >= 0.6 is 0 Å². The molecule has 7 heteroatoms. The number of nitrogens with one attached hydrogen (secondary N) is 1. The normalized spacial score (nSPS) is 20.8. The first-order valence-electron chi connectivity index (χ1n) is 6.28. The number of carboxylic acid groups (broad SMARTS) is 1. The van der Waals surface area contributed by atoms with E-state index >= 15 is 0 Å². The minimum Gasteiger partial charge on any atom is -0.480 e. The lowest BCUT2D eigenvalue weighted by Crippen LogP contribution is -2.49. The summed E-state index contributed by atoms with van der Waals surface area (Å²) in [6, 6.07) is -0.430. The molecule has 1 rings (SSSR count). The highest BCUT2D eigenvalue weighted by atomic mass is 32.2. The molecule has 0 aliphatic carbocycles. The molecule has 0 aromatic heterocycles. The zero-order valence-corrected chi connectivity index (χ0v) is 11.7. The Balaban J connectivity index is 2.45. The highest BCUT2D eigenvalue weighted by molar-refractivity contribution is 7.88. The highest BCUT2D eigenvalue weighted by Crippen LogP contribution is 2.14. The Morgan fingerprint density at radius 1 is 1.44 bits per heavy atom. The van der Waals surface area contributed by atoms with E-state index < -0.39 is 22.0 Å². The lowest BCUT2D eigenvalue weighted by atomic mass is 10.0. The second kappa shape index (κ2) is 6.49. The second-order valence-electron chi connectivity index (χ2n) is 4.78. The number of rotatable bonds is 6. The molecule has 1 unspecified atom stereocenters. The van der Waals surface area contributed by atoms with Crippen LogP contribution in [0.25, 0.3) is 0 Å². The molecule has 0 radical (unpaired) electrons. The molecule has 106 valence electrons. The summed E-state index contributed by atoms with van der Waals surface area (Å²) in [4.78, 5) is 11.0. The van der Waals surface area contributed by atoms with E-state index in [0.717, 1.165) is 6.42 Å². The van der Waals surface area contributed by atoms with Crippen molar-refractivity contribution in [2.75, 3.05) is 19.3 Å². The van der Waals surface area contributed by atoms with E-state index in [4.69, 9.17) is 5.11 Å². The highest BCUT2D eigenvalue weighted by Gasteiger charge is 2.27. The van der Waals surface area contributed by atoms with Gasteiger partial charge in [0.2, 0.25) is 10.0 Å². The average Bonchev–Trinajstić information content (AvgIpc) is 2.28. The van der Waals surface area contributed by atoms with Crippen molar-refractivity contribution in [1.29, 1.82) is 0 Å². The van der Waals surface area contributed by atoms with E-state index in [2.05, 4.69) is 5.32 Å². The van der Waals surface area contributed by atoms with Gasteiger partial charge in [-0.3, -0.25) is 4.79 Å². The van der Waals surface area contributed by atoms with Crippen LogP contribution < -0.4 is 5.32 Å². The van der Waals surface area contributed by atoms with Gasteiger partial charge in [0.25, 0.3) is 0 Å². The number of hydrogen-bond donors (Lipinski definition) is 2. The van der Waals surface area contributed by atoms with Crippen molar-refractivity contribution in [1.82, 2.24) is 9.62 Å². The second-order valence-corrected chi connectivity index (χ2v) is 6.76. The number of nitrogens with zero attached hydrogens (tertiary/aromatic N) is 1. The van der Waals surface area contributed by atoms with Crippen molar-refractivity contribution in [2.45, 2.75) is 44.7 Å². The maximum atomic E-state index is 11.3. The van der Waals surface area contributed by atoms with Crippen molar-refractivity contribution >= 4 is 16.0 Å². The summed E-state index contributed by atoms with van der Waals surface area (Å²) < 4.78 is 24.1. The number of sulfonamides is 1. The third-order valence-corrected chi connectivity index (χ3v) is 4.54. The van der Waals surface area contributed by atoms with Gasteiger partial charge in [-0.05, 0) is 19.3 Å². The molecule has 0 bridgehead atoms. The SMILES string of the molecule is CCCC(NC1CCN(S(C)(=O)=O)CC1)C(=O)O. The van der Waals surface area contributed by atoms with Gasteiger partial charge in [0.1, 0.15) is 6.04 Å². The minimum atomic E-state index is -3.12. The summed E-state index contributed by atoms with van der Waals surface area (Å²) in [5, 5.41) is 12.2. The molecule has 0 spiro atoms. The van der Waals surface area contributed by atoms with Gasteiger partial charge >= 0.3 is 5.97 Å². The average molecular weight is 278 g/mol. The lowest BCUT2D eigenvalue weighted by Gasteiger charge is -2.32. The molecule has 1 heterocycles. The van der Waals surface area contributed by atoms with Gasteiger partial charge in [0.05, 0.1) is 6.26 Å². The Hall–Kier alpha value is -0.660. The summed E-state index contributed by atoms with van der Waals surface area (Å²) >= 11 is 0. The summed E-state index contributed by atoms with van der Waals surface area (Å²) in [5.74, 6) is -0.831. The van der Waals surface area contributed by atoms with E-state index in [9.17, 15) is 13.2 Å². The maximum Gasteiger partial charge on any atom is 0.320 e. The van der Waals surface area contributed by atoms with Crippen molar-refractivity contribution in [3.05, 3.63) is 0 Å². The third kappa shape index (κ3) is 4.55. The zero-order chi connectivity index (χ0) is 13.8. The van der Waals surface area contributed by atoms with E-state index in [1.165, 1.54) is 10.6 Å². The van der Waals surface area contributed by atoms with Gasteiger partial charge in [-0.1, -0.05) is 13.3 Å². The van der Waals surface area contributed by atoms with E-state index in [1.54, 1.807) is 0 Å². The quantitative estimate of drug-likeness (QED) is 0.727. The monoisotopic (exact) mass is 278 g/mol. The largest absolute Gasteiger partial charge is 0.480 e. The van der Waals surface area contributed by atoms with E-state index in [-0.39, 0.29) is 6.04 Å². The van der Waals surface area contributed by atoms with Gasteiger partial charge < -0.3 is 10.4 Å². The Bertz CT molecular complexity index is 375. The van der Waals surface area contributed by atoms with Crippen LogP contribution in [0, 0.1) is 0 Å². The molecule has 1 aliphatic heterocycles. The van der Waals surface area contributed by atoms with Gasteiger partial charge in [0, 0.05) is 19.1 Å². The van der Waals surface area contributed by atoms with Crippen LogP contribution in [-0.4, -0.2) is 55.2 Å². The topological polar surface area (TPSA) is 86.7 Å². The van der Waals surface area contributed by atoms with Crippen LogP contribution in [-0.2, 0) is 14.8 Å². The van der Waals surface area contributed by atoms with Crippen molar-refractivity contribution < 1.29 is 18.3 Å². The Labute approximate surface area is 108 Å². The molecular formula is C11H22N2O4S. The predicted molar refractivity (Wildman–Crippen MR) is 68.9 cm³/mol. The van der Waals surface area contributed by atoms with Crippen molar-refractivity contribution in [3.63, 3.8) is 0 Å². The van der Waals surface area contributed by atoms with Crippen molar-refractivity contribution in [3.8, 4) is 0 Å². The molecule has 1 aliphatic rings. The fourth-order valence-corrected chi connectivity index (χ4v) is 3.08. The molecule has 1 atom stereocenters. The first-order valence-corrected chi connectivity index (χ1v) is 8.13. The van der Waals surface area contributed by atoms with Crippen LogP contribution in [0.2, 0.25) is 0 Å². The van der Waals surface area contributed by atoms with Gasteiger partial charge in [0.15, 0.2) is 0 Å². The Morgan fingerprint density at radius 2 is 2.00 bits per heavy atom. The molecule has 0 amide bonds. The van der Waals surface area contributed by atoms with Crippen LogP contribution in [0.3, 0.4) is 0 Å². The fourth-order valence-electron chi connectivity index (χ4n) is 2.21. The number of aliphatic carboxylic acids is 1. The molecule has 6 nitrogen and oxygen atoms in total. The van der Waals surface area contributed by atoms with Crippen LogP contribution in [0.15, 0.2) is 0 Å². The first-order chi connectivity index (χ1) is 8.34. The minimum absolute atomic E-state index is 0.0932. The molecule has 0 aromatic carbocycles. The number of carbonyl (C=O) groups is 1. The summed E-state index contributed by atoms with van der Waals surface area (Å²) in [5.41, 5.74) is 0. The molecule has 2 N–H and O–H groups in total. The van der Waals surface area contributed by atoms with Gasteiger partial charge in [-0.15, -0.1) is 0 Å². The number of piperidine rings is 1. The lowest BCUT2D eigenvalue weighted by molar-refractivity contribution is -0.140. The molecular weight excluding hydrogens is 256 g/mol. The number of hydrogen-bond acceptors (Lipinski definition) is 4. The molecule has 0 saturated carbocycles. The summed E-state index contributed by atoms with van der Waals surface area (Å²) in [7, 11) is -3.12. The van der Waals surface area contributed by atoms with Crippen LogP contribution in [0.4, 0.5) is 0 Å². The number of carboxylic acids is 1. The van der Waals surface area contributed by atoms with Crippen LogP contribution in [0.5, 0.6) is 0 Å². The van der Waals surface area contributed by atoms with Crippen molar-refractivity contribution in [2.24, 2.45) is 0 Å². The Morgan fingerprint density at radius 3 is 2.39 bits per heavy atom. The Kier molecular flexibility index (Phi) is 5.55. The summed E-state index contributed by atoms with van der Waals surface area (Å²) in [6.07, 6.45) is 3.95. The smallest absolute Gasteiger partial charge is 0.320 e. The standard InChI is InChI=1S/C11H22N2O4S/c1-3-4-10(11(14)15)12-9-5-7-13(8-6-9)18(2,16)17/h9-10,12H,3-8H2,1-2H3,(H,14,15). The first kappa shape index (κ1) is 15.4. The maximum absolute atomic E-state index is 11.3. The molecule has 1 fully saturated rings. The molecule has 18 heavy (non-hydrogen) atoms. The van der Waals surface area contributed by atoms with E-state index in [1.807, 2.05) is 6.92 Å². The zero-order valence-electron chi connectivity index (χ0n) is 10.9. The molecule has 0 aromatic rings. The fraction of sp³-hybridized carbons (Fsp3) is 0.909. The predicted octanol–water partition coefficient (Wildman–Crippen LogP) is 0.253. The van der Waals surface area contributed by atoms with Crippen LogP contribution in [0.1, 0.15) is 32.6 Å². The third-order valence-electron chi connectivity index (χ3n) is 3.24.